The third-order valence-corrected chi connectivity index (χ3v) is 5.59. The number of nitrogens with zero attached hydrogens (tertiary/aromatic N) is 2. The number of rotatable bonds is 5. The standard InChI is InChI=1S/C17H29N5O/c18-13-15(14-5-2-1-3-6-14)21-16(23)17(7-10-19-11-8-17)22-12-4-9-20-22/h4,9,12,14-15,19H,1-3,5-8,10-11,13,18H2,(H,21,23). The first-order valence-electron chi connectivity index (χ1n) is 8.98. The molecule has 6 heteroatoms. The predicted molar refractivity (Wildman–Crippen MR) is 89.9 cm³/mol. The molecular weight excluding hydrogens is 290 g/mol. The molecule has 0 bridgehead atoms. The molecular formula is C17H29N5O. The maximum Gasteiger partial charge on any atom is 0.248 e. The van der Waals surface area contributed by atoms with Gasteiger partial charge in [0.05, 0.1) is 0 Å². The number of nitrogens with two attached hydrogens (primary N) is 1. The van der Waals surface area contributed by atoms with Gasteiger partial charge in [0.15, 0.2) is 0 Å². The van der Waals surface area contributed by atoms with Gasteiger partial charge in [-0.3, -0.25) is 9.48 Å². The van der Waals surface area contributed by atoms with Gasteiger partial charge in [-0.2, -0.15) is 5.10 Å². The van der Waals surface area contributed by atoms with Crippen molar-refractivity contribution < 1.29 is 4.79 Å². The lowest BCUT2D eigenvalue weighted by molar-refractivity contribution is -0.133. The maximum absolute atomic E-state index is 13.2. The van der Waals surface area contributed by atoms with E-state index in [9.17, 15) is 4.79 Å². The normalized spacial score (nSPS) is 23.3. The van der Waals surface area contributed by atoms with E-state index in [-0.39, 0.29) is 11.9 Å². The van der Waals surface area contributed by atoms with Crippen LogP contribution in [0.3, 0.4) is 0 Å². The second kappa shape index (κ2) is 7.45. The minimum atomic E-state index is -0.573. The van der Waals surface area contributed by atoms with E-state index >= 15 is 0 Å². The fourth-order valence-electron chi connectivity index (χ4n) is 4.13. The number of piperidine rings is 1. The van der Waals surface area contributed by atoms with E-state index in [1.165, 1.54) is 32.1 Å². The van der Waals surface area contributed by atoms with Crippen molar-refractivity contribution in [1.29, 1.82) is 0 Å². The first-order valence-corrected chi connectivity index (χ1v) is 8.98. The summed E-state index contributed by atoms with van der Waals surface area (Å²) >= 11 is 0. The smallest absolute Gasteiger partial charge is 0.248 e. The summed E-state index contributed by atoms with van der Waals surface area (Å²) in [6, 6.07) is 1.98. The van der Waals surface area contributed by atoms with Crippen LogP contribution in [0.15, 0.2) is 18.5 Å². The van der Waals surface area contributed by atoms with Gasteiger partial charge >= 0.3 is 0 Å². The molecule has 128 valence electrons. The van der Waals surface area contributed by atoms with Crippen molar-refractivity contribution in [2.75, 3.05) is 19.6 Å². The zero-order chi connectivity index (χ0) is 16.1. The number of hydrogen-bond donors (Lipinski definition) is 3. The van der Waals surface area contributed by atoms with Crippen LogP contribution >= 0.6 is 0 Å². The number of carbonyl (C=O) groups excluding carboxylic acids is 1. The Labute approximate surface area is 138 Å². The molecule has 1 amide bonds. The second-order valence-electron chi connectivity index (χ2n) is 6.95. The van der Waals surface area contributed by atoms with E-state index in [1.807, 2.05) is 16.9 Å². The summed E-state index contributed by atoms with van der Waals surface area (Å²) in [6.45, 7) is 2.19. The molecule has 1 atom stereocenters. The third-order valence-electron chi connectivity index (χ3n) is 5.59. The highest BCUT2D eigenvalue weighted by molar-refractivity contribution is 5.84. The zero-order valence-corrected chi connectivity index (χ0v) is 13.8. The summed E-state index contributed by atoms with van der Waals surface area (Å²) in [4.78, 5) is 13.2. The molecule has 1 saturated carbocycles. The van der Waals surface area contributed by atoms with Gasteiger partial charge in [0.25, 0.3) is 0 Å². The first kappa shape index (κ1) is 16.5. The highest BCUT2D eigenvalue weighted by Crippen LogP contribution is 2.30. The lowest BCUT2D eigenvalue weighted by atomic mass is 9.82. The average Bonchev–Trinajstić information content (AvgIpc) is 3.16. The Kier molecular flexibility index (Phi) is 5.33. The molecule has 1 saturated heterocycles. The van der Waals surface area contributed by atoms with Crippen molar-refractivity contribution in [3.63, 3.8) is 0 Å². The summed E-state index contributed by atoms with van der Waals surface area (Å²) < 4.78 is 1.84. The predicted octanol–water partition coefficient (Wildman–Crippen LogP) is 0.986. The van der Waals surface area contributed by atoms with Crippen molar-refractivity contribution in [3.8, 4) is 0 Å². The van der Waals surface area contributed by atoms with Gasteiger partial charge in [-0.15, -0.1) is 0 Å². The van der Waals surface area contributed by atoms with E-state index in [1.54, 1.807) is 6.20 Å². The van der Waals surface area contributed by atoms with E-state index in [0.29, 0.717) is 12.5 Å². The van der Waals surface area contributed by atoms with Crippen LogP contribution in [0.1, 0.15) is 44.9 Å². The Morgan fingerprint density at radius 3 is 2.70 bits per heavy atom. The van der Waals surface area contributed by atoms with Crippen LogP contribution in [-0.2, 0) is 10.3 Å². The summed E-state index contributed by atoms with van der Waals surface area (Å²) in [5.74, 6) is 0.609. The SMILES string of the molecule is NCC(NC(=O)C1(n2cccn2)CCNCC1)C1CCCCC1. The van der Waals surface area contributed by atoms with Crippen LogP contribution in [0.25, 0.3) is 0 Å². The van der Waals surface area contributed by atoms with Gasteiger partial charge in [0.2, 0.25) is 5.91 Å². The number of carbonyl (C=O) groups is 1. The van der Waals surface area contributed by atoms with Gasteiger partial charge in [0.1, 0.15) is 5.54 Å². The van der Waals surface area contributed by atoms with Gasteiger partial charge < -0.3 is 16.4 Å². The molecule has 0 radical (unpaired) electrons. The molecule has 23 heavy (non-hydrogen) atoms. The van der Waals surface area contributed by atoms with E-state index in [4.69, 9.17) is 5.73 Å². The highest BCUT2D eigenvalue weighted by atomic mass is 16.2. The van der Waals surface area contributed by atoms with Crippen LogP contribution in [0.2, 0.25) is 0 Å². The van der Waals surface area contributed by atoms with Crippen LogP contribution in [-0.4, -0.2) is 41.4 Å². The van der Waals surface area contributed by atoms with Crippen molar-refractivity contribution >= 4 is 5.91 Å². The summed E-state index contributed by atoms with van der Waals surface area (Å²) in [5.41, 5.74) is 5.42. The average molecular weight is 319 g/mol. The molecule has 1 aromatic rings. The summed E-state index contributed by atoms with van der Waals surface area (Å²) in [7, 11) is 0. The molecule has 2 heterocycles. The molecule has 6 nitrogen and oxygen atoms in total. The van der Waals surface area contributed by atoms with Crippen molar-refractivity contribution in [2.24, 2.45) is 11.7 Å². The Morgan fingerprint density at radius 2 is 2.09 bits per heavy atom. The highest BCUT2D eigenvalue weighted by Gasteiger charge is 2.43. The zero-order valence-electron chi connectivity index (χ0n) is 13.8. The topological polar surface area (TPSA) is 85.0 Å². The molecule has 0 spiro atoms. The summed E-state index contributed by atoms with van der Waals surface area (Å²) in [6.07, 6.45) is 11.4. The van der Waals surface area contributed by atoms with Crippen LogP contribution in [0, 0.1) is 5.92 Å². The largest absolute Gasteiger partial charge is 0.350 e. The Balaban J connectivity index is 1.75. The van der Waals surface area contributed by atoms with Crippen LogP contribution < -0.4 is 16.4 Å². The molecule has 3 rings (SSSR count). The van der Waals surface area contributed by atoms with E-state index in [0.717, 1.165) is 25.9 Å². The third kappa shape index (κ3) is 3.43. The second-order valence-corrected chi connectivity index (χ2v) is 6.95. The first-order chi connectivity index (χ1) is 11.3. The van der Waals surface area contributed by atoms with Gasteiger partial charge in [-0.1, -0.05) is 19.3 Å². The molecule has 1 unspecified atom stereocenters. The lowest BCUT2D eigenvalue weighted by Crippen LogP contribution is -2.58. The minimum absolute atomic E-state index is 0.0868. The quantitative estimate of drug-likeness (QED) is 0.755. The van der Waals surface area contributed by atoms with E-state index < -0.39 is 5.54 Å². The number of hydrogen-bond acceptors (Lipinski definition) is 4. The van der Waals surface area contributed by atoms with Crippen molar-refractivity contribution in [2.45, 2.75) is 56.5 Å². The lowest BCUT2D eigenvalue weighted by Gasteiger charge is -2.39. The molecule has 1 aliphatic carbocycles. The van der Waals surface area contributed by atoms with Gasteiger partial charge in [-0.05, 0) is 50.8 Å². The van der Waals surface area contributed by atoms with Gasteiger partial charge in [-0.25, -0.2) is 0 Å². The molecule has 1 aromatic heterocycles. The number of aromatic nitrogens is 2. The molecule has 1 aliphatic heterocycles. The summed E-state index contributed by atoms with van der Waals surface area (Å²) in [5, 5.41) is 11.0. The van der Waals surface area contributed by atoms with Crippen molar-refractivity contribution in [1.82, 2.24) is 20.4 Å². The molecule has 2 aliphatic rings. The van der Waals surface area contributed by atoms with Crippen LogP contribution in [0.4, 0.5) is 0 Å². The Morgan fingerprint density at radius 1 is 1.35 bits per heavy atom. The Bertz CT molecular complexity index is 489. The molecule has 2 fully saturated rings. The number of amides is 1. The van der Waals surface area contributed by atoms with E-state index in [2.05, 4.69) is 15.7 Å². The number of nitrogens with one attached hydrogen (secondary N) is 2. The fourth-order valence-corrected chi connectivity index (χ4v) is 4.13. The molecule has 4 N–H and O–H groups in total. The van der Waals surface area contributed by atoms with Gasteiger partial charge in [0, 0.05) is 25.0 Å². The fraction of sp³-hybridized carbons (Fsp3) is 0.765. The monoisotopic (exact) mass is 319 g/mol. The molecule has 0 aromatic carbocycles. The Hall–Kier alpha value is -1.40. The van der Waals surface area contributed by atoms with Crippen molar-refractivity contribution in [3.05, 3.63) is 18.5 Å². The maximum atomic E-state index is 13.2. The van der Waals surface area contributed by atoms with Crippen LogP contribution in [0.5, 0.6) is 0 Å². The minimum Gasteiger partial charge on any atom is -0.350 e.